The van der Waals surface area contributed by atoms with Gasteiger partial charge in [0.2, 0.25) is 0 Å². The summed E-state index contributed by atoms with van der Waals surface area (Å²) < 4.78 is 2.10. The van der Waals surface area contributed by atoms with Gasteiger partial charge in [-0.2, -0.15) is 0 Å². The van der Waals surface area contributed by atoms with E-state index in [-0.39, 0.29) is 17.0 Å². The Hall–Kier alpha value is -2.67. The molecular formula is C8H7N7O2. The van der Waals surface area contributed by atoms with Crippen LogP contribution in [0.15, 0.2) is 20.9 Å². The number of hydrogen-bond acceptors (Lipinski definition) is 5. The molecule has 17 heavy (non-hydrogen) atoms. The van der Waals surface area contributed by atoms with E-state index >= 15 is 0 Å². The molecule has 0 saturated heterocycles. The highest BCUT2D eigenvalue weighted by Crippen LogP contribution is 2.09. The second-order valence-corrected chi connectivity index (χ2v) is 3.30. The summed E-state index contributed by atoms with van der Waals surface area (Å²) >= 11 is 0. The zero-order valence-electron chi connectivity index (χ0n) is 9.02. The SMILES string of the molecule is Cn1c(=O)c2ncc(N=[N+]=[N-])nc2n(C)c1=O. The molecule has 0 aliphatic carbocycles. The maximum absolute atomic E-state index is 11.7. The quantitative estimate of drug-likeness (QED) is 0.390. The highest BCUT2D eigenvalue weighted by Gasteiger charge is 2.10. The summed E-state index contributed by atoms with van der Waals surface area (Å²) in [7, 11) is 2.81. The Bertz CT molecular complexity index is 766. The molecule has 0 radical (unpaired) electrons. The average Bonchev–Trinajstić information content (AvgIpc) is 2.34. The van der Waals surface area contributed by atoms with Crippen molar-refractivity contribution in [2.24, 2.45) is 19.2 Å². The van der Waals surface area contributed by atoms with Gasteiger partial charge in [-0.25, -0.2) is 14.8 Å². The maximum atomic E-state index is 11.7. The molecule has 0 aliphatic rings. The molecule has 0 unspecified atom stereocenters. The number of hydrogen-bond donors (Lipinski definition) is 0. The second-order valence-electron chi connectivity index (χ2n) is 3.30. The minimum absolute atomic E-state index is 0.00301. The standard InChI is InChI=1S/C8H7N7O2/c1-14-6-5(7(16)15(2)8(14)17)10-3-4(11-6)12-13-9/h3H,1-2H3. The maximum Gasteiger partial charge on any atom is 0.332 e. The largest absolute Gasteiger partial charge is 0.332 e. The predicted octanol–water partition coefficient (Wildman–Crippen LogP) is -0.0310. The van der Waals surface area contributed by atoms with Crippen LogP contribution in [-0.4, -0.2) is 19.1 Å². The molecule has 0 aliphatic heterocycles. The van der Waals surface area contributed by atoms with E-state index in [9.17, 15) is 9.59 Å². The zero-order chi connectivity index (χ0) is 12.6. The Morgan fingerprint density at radius 1 is 1.35 bits per heavy atom. The average molecular weight is 233 g/mol. The molecule has 9 heteroatoms. The van der Waals surface area contributed by atoms with E-state index in [1.165, 1.54) is 24.9 Å². The lowest BCUT2D eigenvalue weighted by Gasteiger charge is -2.05. The van der Waals surface area contributed by atoms with Crippen LogP contribution in [0.3, 0.4) is 0 Å². The highest BCUT2D eigenvalue weighted by atomic mass is 16.2. The Morgan fingerprint density at radius 3 is 2.71 bits per heavy atom. The van der Waals surface area contributed by atoms with E-state index in [2.05, 4.69) is 20.0 Å². The number of fused-ring (bicyclic) bond motifs is 1. The van der Waals surface area contributed by atoms with E-state index in [4.69, 9.17) is 5.53 Å². The monoisotopic (exact) mass is 233 g/mol. The van der Waals surface area contributed by atoms with Gasteiger partial charge < -0.3 is 0 Å². The minimum Gasteiger partial charge on any atom is -0.279 e. The molecule has 2 rings (SSSR count). The van der Waals surface area contributed by atoms with Crippen molar-refractivity contribution in [2.45, 2.75) is 0 Å². The van der Waals surface area contributed by atoms with E-state index in [1.807, 2.05) is 0 Å². The van der Waals surface area contributed by atoms with E-state index in [0.717, 1.165) is 4.57 Å². The van der Waals surface area contributed by atoms with Crippen LogP contribution in [0.2, 0.25) is 0 Å². The van der Waals surface area contributed by atoms with Crippen LogP contribution in [0.25, 0.3) is 21.6 Å². The first-order valence-electron chi connectivity index (χ1n) is 4.54. The van der Waals surface area contributed by atoms with Crippen LogP contribution >= 0.6 is 0 Å². The van der Waals surface area contributed by atoms with Crippen LogP contribution in [-0.2, 0) is 14.1 Å². The first kappa shape index (κ1) is 10.8. The second kappa shape index (κ2) is 3.72. The molecule has 0 aromatic carbocycles. The van der Waals surface area contributed by atoms with Crippen molar-refractivity contribution in [1.82, 2.24) is 19.1 Å². The third-order valence-corrected chi connectivity index (χ3v) is 2.29. The predicted molar refractivity (Wildman–Crippen MR) is 58.8 cm³/mol. The fourth-order valence-corrected chi connectivity index (χ4v) is 1.41. The molecule has 0 amide bonds. The lowest BCUT2D eigenvalue weighted by atomic mass is 10.5. The third-order valence-electron chi connectivity index (χ3n) is 2.29. The molecule has 0 fully saturated rings. The fraction of sp³-hybridized carbons (Fsp3) is 0.250. The van der Waals surface area contributed by atoms with Crippen LogP contribution in [0.1, 0.15) is 0 Å². The van der Waals surface area contributed by atoms with Crippen molar-refractivity contribution in [2.75, 3.05) is 0 Å². The van der Waals surface area contributed by atoms with Crippen LogP contribution < -0.4 is 11.2 Å². The van der Waals surface area contributed by atoms with E-state index < -0.39 is 11.2 Å². The van der Waals surface area contributed by atoms with Crippen LogP contribution in [0, 0.1) is 0 Å². The van der Waals surface area contributed by atoms with Gasteiger partial charge in [0.25, 0.3) is 5.56 Å². The minimum atomic E-state index is -0.539. The molecule has 2 aromatic rings. The molecule has 0 spiro atoms. The van der Waals surface area contributed by atoms with Crippen molar-refractivity contribution in [3.05, 3.63) is 37.5 Å². The summed E-state index contributed by atoms with van der Waals surface area (Å²) in [5.41, 5.74) is 7.35. The summed E-state index contributed by atoms with van der Waals surface area (Å²) in [6.45, 7) is 0. The van der Waals surface area contributed by atoms with Gasteiger partial charge in [-0.3, -0.25) is 13.9 Å². The van der Waals surface area contributed by atoms with Gasteiger partial charge in [0.15, 0.2) is 11.2 Å². The fourth-order valence-electron chi connectivity index (χ4n) is 1.41. The van der Waals surface area contributed by atoms with Gasteiger partial charge in [0.1, 0.15) is 5.82 Å². The van der Waals surface area contributed by atoms with Gasteiger partial charge in [-0.05, 0) is 10.6 Å². The van der Waals surface area contributed by atoms with Gasteiger partial charge in [0, 0.05) is 19.0 Å². The molecule has 0 N–H and O–H groups in total. The molecule has 0 bridgehead atoms. The molecular weight excluding hydrogens is 226 g/mol. The number of aromatic nitrogens is 4. The van der Waals surface area contributed by atoms with Gasteiger partial charge in [-0.15, -0.1) is 0 Å². The molecule has 2 heterocycles. The Balaban J connectivity index is 3.02. The first-order valence-corrected chi connectivity index (χ1v) is 4.54. The molecule has 0 atom stereocenters. The summed E-state index contributed by atoms with van der Waals surface area (Å²) in [6.07, 6.45) is 1.17. The zero-order valence-corrected chi connectivity index (χ0v) is 9.02. The van der Waals surface area contributed by atoms with E-state index in [0.29, 0.717) is 0 Å². The lowest BCUT2D eigenvalue weighted by molar-refractivity contribution is 0.704. The topological polar surface area (TPSA) is 119 Å². The summed E-state index contributed by atoms with van der Waals surface area (Å²) in [4.78, 5) is 33.6. The van der Waals surface area contributed by atoms with Gasteiger partial charge >= 0.3 is 5.69 Å². The van der Waals surface area contributed by atoms with Gasteiger partial charge in [-0.1, -0.05) is 0 Å². The third kappa shape index (κ3) is 1.54. The Labute approximate surface area is 93.6 Å². The number of nitrogens with zero attached hydrogens (tertiary/aromatic N) is 7. The van der Waals surface area contributed by atoms with Crippen LogP contribution in [0.4, 0.5) is 5.82 Å². The van der Waals surface area contributed by atoms with Crippen molar-refractivity contribution >= 4 is 17.0 Å². The smallest absolute Gasteiger partial charge is 0.279 e. The Morgan fingerprint density at radius 2 is 2.06 bits per heavy atom. The van der Waals surface area contributed by atoms with Crippen molar-refractivity contribution in [3.8, 4) is 0 Å². The molecule has 0 saturated carbocycles. The molecule has 9 nitrogen and oxygen atoms in total. The normalized spacial score (nSPS) is 10.2. The van der Waals surface area contributed by atoms with Crippen molar-refractivity contribution in [1.29, 1.82) is 0 Å². The first-order chi connectivity index (χ1) is 8.06. The number of rotatable bonds is 1. The molecule has 86 valence electrons. The number of aryl methyl sites for hydroxylation is 1. The summed E-state index contributed by atoms with van der Waals surface area (Å²) in [6, 6.07) is 0. The number of azide groups is 1. The molecule has 2 aromatic heterocycles. The lowest BCUT2D eigenvalue weighted by Crippen LogP contribution is -2.37. The highest BCUT2D eigenvalue weighted by molar-refractivity contribution is 5.69. The Kier molecular flexibility index (Phi) is 2.37. The van der Waals surface area contributed by atoms with Gasteiger partial charge in [0.05, 0.1) is 6.20 Å². The van der Waals surface area contributed by atoms with Crippen molar-refractivity contribution < 1.29 is 0 Å². The summed E-state index contributed by atoms with van der Waals surface area (Å²) in [5.74, 6) is 0.00301. The van der Waals surface area contributed by atoms with Crippen molar-refractivity contribution in [3.63, 3.8) is 0 Å². The van der Waals surface area contributed by atoms with Crippen LogP contribution in [0.5, 0.6) is 0 Å². The van der Waals surface area contributed by atoms with E-state index in [1.54, 1.807) is 0 Å². The summed E-state index contributed by atoms with van der Waals surface area (Å²) in [5, 5.41) is 3.26.